The van der Waals surface area contributed by atoms with Gasteiger partial charge in [-0.15, -0.1) is 0 Å². The molecule has 0 aromatic carbocycles. The third kappa shape index (κ3) is 2.48. The fourth-order valence-electron chi connectivity index (χ4n) is 1.93. The van der Waals surface area contributed by atoms with Gasteiger partial charge < -0.3 is 15.2 Å². The number of aryl methyl sites for hydroxylation is 1. The van der Waals surface area contributed by atoms with Gasteiger partial charge in [0, 0.05) is 38.3 Å². The molecule has 1 aromatic rings. The second kappa shape index (κ2) is 4.46. The highest BCUT2D eigenvalue weighted by Gasteiger charge is 2.36. The van der Waals surface area contributed by atoms with Crippen LogP contribution in [0.1, 0.15) is 23.0 Å². The van der Waals surface area contributed by atoms with Gasteiger partial charge in [0.1, 0.15) is 0 Å². The van der Waals surface area contributed by atoms with Crippen molar-refractivity contribution < 1.29 is 14.6 Å². The molecular weight excluding hydrogens is 222 g/mol. The molecule has 0 atom stereocenters. The minimum Gasteiger partial charge on any atom is -0.461 e. The fraction of sp³-hybridized carbons (Fsp3) is 0.636. The first kappa shape index (κ1) is 12.1. The van der Waals surface area contributed by atoms with Crippen LogP contribution in [0.5, 0.6) is 0 Å². The van der Waals surface area contributed by atoms with Crippen molar-refractivity contribution in [2.75, 3.05) is 19.7 Å². The highest BCUT2D eigenvalue weighted by atomic mass is 16.5. The number of aromatic nitrogens is 2. The number of hydrogen-bond donors (Lipinski definition) is 2. The van der Waals surface area contributed by atoms with Crippen molar-refractivity contribution in [2.24, 2.45) is 7.05 Å². The Morgan fingerprint density at radius 2 is 2.41 bits per heavy atom. The maximum atomic E-state index is 11.7. The Bertz CT molecular complexity index is 424. The lowest BCUT2D eigenvalue weighted by Crippen LogP contribution is -2.60. The van der Waals surface area contributed by atoms with Gasteiger partial charge in [-0.05, 0) is 6.92 Å². The number of carbonyl (C=O) groups is 1. The van der Waals surface area contributed by atoms with Gasteiger partial charge in [-0.3, -0.25) is 4.68 Å². The predicted molar refractivity (Wildman–Crippen MR) is 60.7 cm³/mol. The van der Waals surface area contributed by atoms with Gasteiger partial charge in [-0.25, -0.2) is 4.79 Å². The third-order valence-corrected chi connectivity index (χ3v) is 2.80. The van der Waals surface area contributed by atoms with Crippen LogP contribution in [0.25, 0.3) is 0 Å². The van der Waals surface area contributed by atoms with E-state index in [-0.39, 0.29) is 0 Å². The molecule has 1 aliphatic rings. The third-order valence-electron chi connectivity index (χ3n) is 2.80. The second-order valence-corrected chi connectivity index (χ2v) is 4.40. The number of ether oxygens (including phenoxy) is 1. The molecule has 0 aliphatic carbocycles. The van der Waals surface area contributed by atoms with Crippen molar-refractivity contribution in [3.05, 3.63) is 17.5 Å². The molecule has 0 radical (unpaired) electrons. The minimum atomic E-state index is -0.760. The van der Waals surface area contributed by atoms with Crippen LogP contribution in [0.2, 0.25) is 0 Å². The molecule has 2 rings (SSSR count). The van der Waals surface area contributed by atoms with Crippen LogP contribution in [-0.2, 0) is 18.2 Å². The molecule has 6 heteroatoms. The summed E-state index contributed by atoms with van der Waals surface area (Å²) >= 11 is 0. The van der Waals surface area contributed by atoms with E-state index in [2.05, 4.69) is 10.4 Å². The first-order valence-electron chi connectivity index (χ1n) is 5.67. The Morgan fingerprint density at radius 1 is 1.71 bits per heavy atom. The smallest absolute Gasteiger partial charge is 0.359 e. The van der Waals surface area contributed by atoms with Crippen molar-refractivity contribution in [3.63, 3.8) is 0 Å². The molecule has 94 valence electrons. The van der Waals surface area contributed by atoms with Crippen LogP contribution in [0.4, 0.5) is 0 Å². The lowest BCUT2D eigenvalue weighted by Gasteiger charge is -2.37. The maximum Gasteiger partial charge on any atom is 0.359 e. The van der Waals surface area contributed by atoms with Gasteiger partial charge in [0.25, 0.3) is 0 Å². The number of nitrogens with zero attached hydrogens (tertiary/aromatic N) is 2. The molecule has 1 saturated heterocycles. The van der Waals surface area contributed by atoms with Crippen LogP contribution in [0, 0.1) is 0 Å². The van der Waals surface area contributed by atoms with Crippen molar-refractivity contribution in [1.82, 2.24) is 15.1 Å². The van der Waals surface area contributed by atoms with Gasteiger partial charge in [0.2, 0.25) is 0 Å². The van der Waals surface area contributed by atoms with Crippen LogP contribution < -0.4 is 5.32 Å². The number of aliphatic hydroxyl groups is 1. The molecular formula is C11H17N3O3. The summed E-state index contributed by atoms with van der Waals surface area (Å²) in [6.07, 6.45) is 2.17. The van der Waals surface area contributed by atoms with E-state index in [0.717, 1.165) is 5.56 Å². The average Bonchev–Trinajstić information content (AvgIpc) is 2.57. The molecule has 2 heterocycles. The van der Waals surface area contributed by atoms with E-state index in [0.29, 0.717) is 31.8 Å². The Morgan fingerprint density at radius 3 is 2.94 bits per heavy atom. The van der Waals surface area contributed by atoms with E-state index in [1.54, 1.807) is 24.9 Å². The number of esters is 1. The first-order chi connectivity index (χ1) is 8.04. The summed E-state index contributed by atoms with van der Waals surface area (Å²) in [6.45, 7) is 3.17. The summed E-state index contributed by atoms with van der Waals surface area (Å²) in [5, 5.41) is 17.1. The summed E-state index contributed by atoms with van der Waals surface area (Å²) in [6, 6.07) is 0. The minimum absolute atomic E-state index is 0.301. The number of hydrogen-bond acceptors (Lipinski definition) is 5. The van der Waals surface area contributed by atoms with E-state index < -0.39 is 11.6 Å². The molecule has 6 nitrogen and oxygen atoms in total. The molecule has 0 spiro atoms. The molecule has 0 bridgehead atoms. The first-order valence-corrected chi connectivity index (χ1v) is 5.67. The van der Waals surface area contributed by atoms with Crippen LogP contribution in [-0.4, -0.2) is 46.2 Å². The Kier molecular flexibility index (Phi) is 3.17. The number of rotatable bonds is 4. The monoisotopic (exact) mass is 239 g/mol. The van der Waals surface area contributed by atoms with E-state index in [1.165, 1.54) is 0 Å². The van der Waals surface area contributed by atoms with Gasteiger partial charge in [0.05, 0.1) is 12.2 Å². The zero-order valence-corrected chi connectivity index (χ0v) is 10.1. The lowest BCUT2D eigenvalue weighted by molar-refractivity contribution is -0.00925. The zero-order chi connectivity index (χ0) is 12.5. The summed E-state index contributed by atoms with van der Waals surface area (Å²) in [4.78, 5) is 11.7. The maximum absolute atomic E-state index is 11.7. The molecule has 1 fully saturated rings. The second-order valence-electron chi connectivity index (χ2n) is 4.40. The fourth-order valence-corrected chi connectivity index (χ4v) is 1.93. The van der Waals surface area contributed by atoms with Crippen molar-refractivity contribution in [2.45, 2.75) is 18.9 Å². The van der Waals surface area contributed by atoms with Gasteiger partial charge in [-0.2, -0.15) is 5.10 Å². The van der Waals surface area contributed by atoms with E-state index in [1.807, 2.05) is 0 Å². The average molecular weight is 239 g/mol. The van der Waals surface area contributed by atoms with Crippen LogP contribution in [0.15, 0.2) is 6.20 Å². The highest BCUT2D eigenvalue weighted by Crippen LogP contribution is 2.20. The molecule has 17 heavy (non-hydrogen) atoms. The van der Waals surface area contributed by atoms with E-state index >= 15 is 0 Å². The largest absolute Gasteiger partial charge is 0.461 e. The topological polar surface area (TPSA) is 76.4 Å². The molecule has 0 saturated carbocycles. The predicted octanol–water partition coefficient (Wildman–Crippen LogP) is -0.526. The summed E-state index contributed by atoms with van der Waals surface area (Å²) < 4.78 is 6.50. The summed E-state index contributed by atoms with van der Waals surface area (Å²) in [7, 11) is 1.75. The SMILES string of the molecule is CCOC(=O)c1nn(C)cc1CC1(O)CNC1. The van der Waals surface area contributed by atoms with Crippen molar-refractivity contribution >= 4 is 5.97 Å². The van der Waals surface area contributed by atoms with Gasteiger partial charge >= 0.3 is 5.97 Å². The Balaban J connectivity index is 2.18. The van der Waals surface area contributed by atoms with Crippen LogP contribution in [0.3, 0.4) is 0 Å². The number of β-amino-alcohol motifs (C(OH)–C–C–N with tert-alkyl or cyclic N) is 1. The molecule has 1 aromatic heterocycles. The Hall–Kier alpha value is -1.40. The molecule has 0 amide bonds. The number of carbonyl (C=O) groups excluding carboxylic acids is 1. The van der Waals surface area contributed by atoms with Gasteiger partial charge in [0.15, 0.2) is 5.69 Å². The van der Waals surface area contributed by atoms with E-state index in [4.69, 9.17) is 4.74 Å². The molecule has 0 unspecified atom stereocenters. The van der Waals surface area contributed by atoms with Crippen LogP contribution >= 0.6 is 0 Å². The molecule has 2 N–H and O–H groups in total. The number of nitrogens with one attached hydrogen (secondary N) is 1. The van der Waals surface area contributed by atoms with Crippen molar-refractivity contribution in [3.8, 4) is 0 Å². The van der Waals surface area contributed by atoms with E-state index in [9.17, 15) is 9.90 Å². The zero-order valence-electron chi connectivity index (χ0n) is 10.1. The highest BCUT2D eigenvalue weighted by molar-refractivity contribution is 5.88. The van der Waals surface area contributed by atoms with Crippen molar-refractivity contribution in [1.29, 1.82) is 0 Å². The van der Waals surface area contributed by atoms with Gasteiger partial charge in [-0.1, -0.05) is 0 Å². The summed E-state index contributed by atoms with van der Waals surface area (Å²) in [5.74, 6) is -0.431. The standard InChI is InChI=1S/C11H17N3O3/c1-3-17-10(15)9-8(5-14(2)13-9)4-11(16)6-12-7-11/h5,12,16H,3-4,6-7H2,1-2H3. The Labute approximate surface area is 99.6 Å². The quantitative estimate of drug-likeness (QED) is 0.691. The molecule has 1 aliphatic heterocycles. The normalized spacial score (nSPS) is 17.6. The summed E-state index contributed by atoms with van der Waals surface area (Å²) in [5.41, 5.74) is 0.272. The lowest BCUT2D eigenvalue weighted by atomic mass is 9.89.